The first kappa shape index (κ1) is 22.0. The Balaban J connectivity index is 2.82. The fourth-order valence-electron chi connectivity index (χ4n) is 3.21. The zero-order chi connectivity index (χ0) is 21.3. The third-order valence-electron chi connectivity index (χ3n) is 4.41. The quantitative estimate of drug-likeness (QED) is 0.564. The van der Waals surface area contributed by atoms with Crippen LogP contribution in [0.15, 0.2) is 18.2 Å². The highest BCUT2D eigenvalue weighted by Crippen LogP contribution is 2.41. The van der Waals surface area contributed by atoms with Gasteiger partial charge in [0.2, 0.25) is 0 Å². The predicted octanol–water partition coefficient (Wildman–Crippen LogP) is -0.329. The minimum Gasteiger partial charge on any atom is -0.493 e. The van der Waals surface area contributed by atoms with Crippen molar-refractivity contribution in [3.63, 3.8) is 0 Å². The van der Waals surface area contributed by atoms with E-state index in [0.717, 1.165) is 14.2 Å². The number of carbonyl (C=O) groups excluding carboxylic acids is 2. The lowest BCUT2D eigenvalue weighted by Gasteiger charge is -2.34. The number of hydrogen-bond donors (Lipinski definition) is 0. The minimum absolute atomic E-state index is 0.0651. The molecule has 10 nitrogen and oxygen atoms in total. The largest absolute Gasteiger partial charge is 0.493 e. The maximum Gasteiger partial charge on any atom is 0.324 e. The van der Waals surface area contributed by atoms with Crippen molar-refractivity contribution in [3.05, 3.63) is 23.8 Å². The molecule has 0 aliphatic carbocycles. The van der Waals surface area contributed by atoms with Crippen molar-refractivity contribution < 1.29 is 45.4 Å². The first-order chi connectivity index (χ1) is 13.0. The lowest BCUT2D eigenvalue weighted by molar-refractivity contribution is -0.142. The molecule has 2 atom stereocenters. The van der Waals surface area contributed by atoms with Crippen molar-refractivity contribution in [3.8, 4) is 11.5 Å². The first-order valence-electron chi connectivity index (χ1n) is 7.84. The van der Waals surface area contributed by atoms with Crippen molar-refractivity contribution in [1.29, 1.82) is 0 Å². The van der Waals surface area contributed by atoms with Gasteiger partial charge in [0.15, 0.2) is 46.8 Å². The van der Waals surface area contributed by atoms with E-state index in [1.165, 1.54) is 32.4 Å². The number of esters is 2. The van der Waals surface area contributed by atoms with E-state index in [4.69, 9.17) is 9.47 Å². The Kier molecular flexibility index (Phi) is 6.24. The Hall–Kier alpha value is -2.34. The fourth-order valence-corrected chi connectivity index (χ4v) is 8.61. The van der Waals surface area contributed by atoms with E-state index < -0.39 is 53.1 Å². The molecular formula is C16H20O10S2. The van der Waals surface area contributed by atoms with Crippen LogP contribution in [0.4, 0.5) is 0 Å². The van der Waals surface area contributed by atoms with Crippen LogP contribution < -0.4 is 9.47 Å². The third-order valence-corrected chi connectivity index (χ3v) is 9.56. The molecule has 1 fully saturated rings. The summed E-state index contributed by atoms with van der Waals surface area (Å²) in [6, 6.07) is 4.07. The summed E-state index contributed by atoms with van der Waals surface area (Å²) in [5.41, 5.74) is 0.0651. The van der Waals surface area contributed by atoms with Crippen LogP contribution in [0.2, 0.25) is 0 Å². The van der Waals surface area contributed by atoms with Crippen LogP contribution in [-0.4, -0.2) is 72.8 Å². The van der Waals surface area contributed by atoms with Gasteiger partial charge in [-0.05, 0) is 17.7 Å². The van der Waals surface area contributed by atoms with Crippen LogP contribution in [0.3, 0.4) is 0 Å². The Morgan fingerprint density at radius 2 is 1.29 bits per heavy atom. The van der Waals surface area contributed by atoms with E-state index in [9.17, 15) is 26.4 Å². The average molecular weight is 436 g/mol. The Bertz CT molecular complexity index is 929. The van der Waals surface area contributed by atoms with E-state index in [1.54, 1.807) is 0 Å². The van der Waals surface area contributed by atoms with E-state index in [1.807, 2.05) is 0 Å². The van der Waals surface area contributed by atoms with Gasteiger partial charge in [-0.2, -0.15) is 0 Å². The van der Waals surface area contributed by atoms with Gasteiger partial charge < -0.3 is 18.9 Å². The van der Waals surface area contributed by atoms with Gasteiger partial charge in [-0.3, -0.25) is 9.59 Å². The number of carbonyl (C=O) groups is 2. The zero-order valence-electron chi connectivity index (χ0n) is 15.6. The molecule has 0 amide bonds. The second-order valence-corrected chi connectivity index (χ2v) is 10.6. The van der Waals surface area contributed by atoms with Crippen molar-refractivity contribution in [1.82, 2.24) is 0 Å². The summed E-state index contributed by atoms with van der Waals surface area (Å²) in [5.74, 6) is -3.50. The molecule has 1 aliphatic rings. The first-order valence-corrected chi connectivity index (χ1v) is 11.3. The van der Waals surface area contributed by atoms with Gasteiger partial charge >= 0.3 is 11.9 Å². The van der Waals surface area contributed by atoms with Crippen LogP contribution in [0.25, 0.3) is 0 Å². The summed E-state index contributed by atoms with van der Waals surface area (Å²) < 4.78 is 70.0. The molecule has 1 aliphatic heterocycles. The molecule has 0 bridgehead atoms. The number of methoxy groups -OCH3 is 4. The van der Waals surface area contributed by atoms with E-state index in [2.05, 4.69) is 9.47 Å². The highest BCUT2D eigenvalue weighted by atomic mass is 32.3. The van der Waals surface area contributed by atoms with Gasteiger partial charge in [-0.1, -0.05) is 6.07 Å². The molecular weight excluding hydrogens is 416 g/mol. The van der Waals surface area contributed by atoms with Gasteiger partial charge in [-0.15, -0.1) is 0 Å². The SMILES string of the molecule is COC(=O)C1C(c2ccc(OC)c(OC)c2)C(C(=O)OC)S(=O)(=O)CS1(=O)=O. The minimum atomic E-state index is -4.49. The smallest absolute Gasteiger partial charge is 0.324 e. The second-order valence-electron chi connectivity index (χ2n) is 5.97. The maximum atomic E-state index is 12.6. The van der Waals surface area contributed by atoms with E-state index >= 15 is 0 Å². The molecule has 2 unspecified atom stereocenters. The van der Waals surface area contributed by atoms with Crippen LogP contribution in [0.1, 0.15) is 11.5 Å². The number of ether oxygens (including phenoxy) is 4. The van der Waals surface area contributed by atoms with E-state index in [0.29, 0.717) is 0 Å². The molecule has 1 saturated heterocycles. The molecule has 1 aromatic carbocycles. The topological polar surface area (TPSA) is 139 Å². The highest BCUT2D eigenvalue weighted by molar-refractivity contribution is 8.10. The monoisotopic (exact) mass is 436 g/mol. The van der Waals surface area contributed by atoms with Crippen molar-refractivity contribution in [2.75, 3.05) is 33.5 Å². The number of rotatable bonds is 5. The summed E-state index contributed by atoms with van der Waals surface area (Å²) >= 11 is 0. The standard InChI is InChI=1S/C16H20O10S2/c1-23-10-6-5-9(7-11(10)24-2)12-13(15(17)25-3)27(19,20)8-28(21,22)14(12)16(18)26-4/h5-7,12-14H,8H2,1-4H3. The Morgan fingerprint density at radius 1 is 0.821 bits per heavy atom. The number of hydrogen-bond acceptors (Lipinski definition) is 10. The molecule has 156 valence electrons. The molecule has 12 heteroatoms. The van der Waals surface area contributed by atoms with E-state index in [-0.39, 0.29) is 17.1 Å². The molecule has 0 radical (unpaired) electrons. The Labute approximate surface area is 162 Å². The van der Waals surface area contributed by atoms with Crippen molar-refractivity contribution in [2.24, 2.45) is 0 Å². The molecule has 0 N–H and O–H groups in total. The summed E-state index contributed by atoms with van der Waals surface area (Å²) in [6.45, 7) is 0. The van der Waals surface area contributed by atoms with Crippen LogP contribution in [-0.2, 0) is 38.7 Å². The summed E-state index contributed by atoms with van der Waals surface area (Å²) in [5, 5.41) is -5.20. The van der Waals surface area contributed by atoms with Gasteiger partial charge in [0.25, 0.3) is 0 Å². The van der Waals surface area contributed by atoms with Crippen LogP contribution >= 0.6 is 0 Å². The predicted molar refractivity (Wildman–Crippen MR) is 96.6 cm³/mol. The van der Waals surface area contributed by atoms with Gasteiger partial charge in [0.05, 0.1) is 28.4 Å². The molecule has 0 spiro atoms. The fraction of sp³-hybridized carbons (Fsp3) is 0.500. The molecule has 1 aromatic rings. The number of sulfone groups is 2. The van der Waals surface area contributed by atoms with Crippen molar-refractivity contribution in [2.45, 2.75) is 16.4 Å². The van der Waals surface area contributed by atoms with Crippen LogP contribution in [0, 0.1) is 0 Å². The summed E-state index contributed by atoms with van der Waals surface area (Å²) in [4.78, 5) is 24.6. The lowest BCUT2D eigenvalue weighted by atomic mass is 9.91. The zero-order valence-corrected chi connectivity index (χ0v) is 17.2. The van der Waals surface area contributed by atoms with Gasteiger partial charge in [0, 0.05) is 5.92 Å². The molecule has 0 saturated carbocycles. The number of benzene rings is 1. The molecule has 28 heavy (non-hydrogen) atoms. The van der Waals surface area contributed by atoms with Gasteiger partial charge in [-0.25, -0.2) is 16.8 Å². The molecule has 0 aromatic heterocycles. The summed E-state index contributed by atoms with van der Waals surface area (Å²) in [6.07, 6.45) is 0. The van der Waals surface area contributed by atoms with Crippen molar-refractivity contribution >= 4 is 31.6 Å². The maximum absolute atomic E-state index is 12.6. The third kappa shape index (κ3) is 3.78. The second kappa shape index (κ2) is 7.95. The van der Waals surface area contributed by atoms with Crippen LogP contribution in [0.5, 0.6) is 11.5 Å². The highest BCUT2D eigenvalue weighted by Gasteiger charge is 2.58. The molecule has 2 rings (SSSR count). The Morgan fingerprint density at radius 3 is 1.68 bits per heavy atom. The van der Waals surface area contributed by atoms with Gasteiger partial charge in [0.1, 0.15) is 0 Å². The summed E-state index contributed by atoms with van der Waals surface area (Å²) in [7, 11) is -4.34. The molecule has 1 heterocycles. The average Bonchev–Trinajstić information content (AvgIpc) is 2.64. The lowest BCUT2D eigenvalue weighted by Crippen LogP contribution is -2.55. The normalized spacial score (nSPS) is 25.4.